The Morgan fingerprint density at radius 3 is 2.64 bits per heavy atom. The van der Waals surface area contributed by atoms with Crippen LogP contribution in [0.3, 0.4) is 0 Å². The molecule has 0 unspecified atom stereocenters. The quantitative estimate of drug-likeness (QED) is 0.652. The third-order valence-corrected chi connectivity index (χ3v) is 5.50. The Morgan fingerprint density at radius 1 is 1.14 bits per heavy atom. The lowest BCUT2D eigenvalue weighted by atomic mass is 9.85. The molecule has 2 aromatic carbocycles. The Kier molecular flexibility index (Phi) is 4.55. The van der Waals surface area contributed by atoms with Gasteiger partial charge < -0.3 is 5.32 Å². The van der Waals surface area contributed by atoms with Gasteiger partial charge >= 0.3 is 0 Å². The number of aryl methyl sites for hydroxylation is 3. The standard InChI is InChI=1S/C22H20ClN3O2/c1-12-7-8-15(9-13(12)2)21(28)18-11-19(27)24-22-20(18)14(3)25-26(22)17-6-4-5-16(23)10-17/h4-10,18H,11H2,1-3H3,(H,24,27)/t18-/m1/s1. The van der Waals surface area contributed by atoms with Gasteiger partial charge in [0.1, 0.15) is 5.82 Å². The Hall–Kier alpha value is -2.92. The highest BCUT2D eigenvalue weighted by Crippen LogP contribution is 2.38. The van der Waals surface area contributed by atoms with E-state index in [-0.39, 0.29) is 18.1 Å². The molecule has 0 saturated heterocycles. The van der Waals surface area contributed by atoms with E-state index in [1.54, 1.807) is 16.8 Å². The average Bonchev–Trinajstić information content (AvgIpc) is 2.99. The minimum absolute atomic E-state index is 0.0621. The van der Waals surface area contributed by atoms with Crippen molar-refractivity contribution >= 4 is 29.1 Å². The van der Waals surface area contributed by atoms with E-state index in [2.05, 4.69) is 10.4 Å². The summed E-state index contributed by atoms with van der Waals surface area (Å²) < 4.78 is 1.65. The molecule has 0 saturated carbocycles. The van der Waals surface area contributed by atoms with Crippen molar-refractivity contribution in [2.45, 2.75) is 33.1 Å². The highest BCUT2D eigenvalue weighted by atomic mass is 35.5. The summed E-state index contributed by atoms with van der Waals surface area (Å²) in [7, 11) is 0. The maximum absolute atomic E-state index is 13.3. The molecule has 5 nitrogen and oxygen atoms in total. The van der Waals surface area contributed by atoms with Crippen molar-refractivity contribution in [1.29, 1.82) is 0 Å². The second-order valence-corrected chi connectivity index (χ2v) is 7.64. The molecule has 6 heteroatoms. The molecule has 4 rings (SSSR count). The second-order valence-electron chi connectivity index (χ2n) is 7.21. The van der Waals surface area contributed by atoms with Crippen LogP contribution in [0, 0.1) is 20.8 Å². The number of ketones is 1. The number of aromatic nitrogens is 2. The van der Waals surface area contributed by atoms with Gasteiger partial charge in [-0.1, -0.05) is 29.8 Å². The number of rotatable bonds is 3. The maximum atomic E-state index is 13.3. The first kappa shape index (κ1) is 18.4. The fourth-order valence-corrected chi connectivity index (χ4v) is 3.85. The maximum Gasteiger partial charge on any atom is 0.226 e. The lowest BCUT2D eigenvalue weighted by Gasteiger charge is -2.23. The summed E-state index contributed by atoms with van der Waals surface area (Å²) in [5, 5.41) is 8.05. The number of carbonyl (C=O) groups excluding carboxylic acids is 2. The number of halogens is 1. The first-order valence-electron chi connectivity index (χ1n) is 9.12. The van der Waals surface area contributed by atoms with Gasteiger partial charge in [-0.3, -0.25) is 9.59 Å². The van der Waals surface area contributed by atoms with E-state index in [4.69, 9.17) is 11.6 Å². The van der Waals surface area contributed by atoms with Crippen molar-refractivity contribution in [3.05, 3.63) is 75.4 Å². The Bertz CT molecular complexity index is 1120. The number of hydrogen-bond donors (Lipinski definition) is 1. The molecule has 142 valence electrons. The van der Waals surface area contributed by atoms with Crippen LogP contribution in [0.4, 0.5) is 5.82 Å². The highest BCUT2D eigenvalue weighted by molar-refractivity contribution is 6.30. The minimum Gasteiger partial charge on any atom is -0.310 e. The van der Waals surface area contributed by atoms with Gasteiger partial charge in [-0.15, -0.1) is 0 Å². The molecule has 1 aliphatic rings. The third-order valence-electron chi connectivity index (χ3n) is 5.26. The van der Waals surface area contributed by atoms with E-state index in [1.165, 1.54) is 0 Å². The topological polar surface area (TPSA) is 64.0 Å². The van der Waals surface area contributed by atoms with Crippen molar-refractivity contribution in [2.24, 2.45) is 0 Å². The van der Waals surface area contributed by atoms with E-state index in [1.807, 2.05) is 51.1 Å². The van der Waals surface area contributed by atoms with Crippen LogP contribution >= 0.6 is 11.6 Å². The van der Waals surface area contributed by atoms with Gasteiger partial charge in [-0.25, -0.2) is 4.68 Å². The molecule has 1 aliphatic heterocycles. The summed E-state index contributed by atoms with van der Waals surface area (Å²) in [6, 6.07) is 12.9. The third kappa shape index (κ3) is 3.12. The summed E-state index contributed by atoms with van der Waals surface area (Å²) in [5.74, 6) is -0.275. The van der Waals surface area contributed by atoms with Crippen molar-refractivity contribution < 1.29 is 9.59 Å². The molecule has 1 aromatic heterocycles. The number of Topliss-reactive ketones (excluding diaryl/α,β-unsaturated/α-hetero) is 1. The van der Waals surface area contributed by atoms with E-state index >= 15 is 0 Å². The Morgan fingerprint density at radius 2 is 1.93 bits per heavy atom. The summed E-state index contributed by atoms with van der Waals surface area (Å²) >= 11 is 6.12. The molecule has 1 N–H and O–H groups in total. The fraction of sp³-hybridized carbons (Fsp3) is 0.227. The summed E-state index contributed by atoms with van der Waals surface area (Å²) in [6.45, 7) is 5.85. The van der Waals surface area contributed by atoms with E-state index in [0.717, 1.165) is 28.1 Å². The summed E-state index contributed by atoms with van der Waals surface area (Å²) in [5.41, 5.74) is 5.02. The molecule has 1 amide bonds. The van der Waals surface area contributed by atoms with Crippen molar-refractivity contribution in [2.75, 3.05) is 5.32 Å². The van der Waals surface area contributed by atoms with E-state index in [9.17, 15) is 9.59 Å². The van der Waals surface area contributed by atoms with Gasteiger partial charge in [-0.2, -0.15) is 5.10 Å². The number of hydrogen-bond acceptors (Lipinski definition) is 3. The largest absolute Gasteiger partial charge is 0.310 e. The number of benzene rings is 2. The van der Waals surface area contributed by atoms with Crippen LogP contribution in [0.5, 0.6) is 0 Å². The number of fused-ring (bicyclic) bond motifs is 1. The fourth-order valence-electron chi connectivity index (χ4n) is 3.66. The van der Waals surface area contributed by atoms with Crippen LogP contribution in [0.1, 0.15) is 45.1 Å². The van der Waals surface area contributed by atoms with Gasteiger partial charge in [0.25, 0.3) is 0 Å². The van der Waals surface area contributed by atoms with Crippen molar-refractivity contribution in [3.63, 3.8) is 0 Å². The van der Waals surface area contributed by atoms with Crippen molar-refractivity contribution in [3.8, 4) is 5.69 Å². The number of amides is 1. The zero-order valence-corrected chi connectivity index (χ0v) is 16.7. The monoisotopic (exact) mass is 393 g/mol. The molecule has 0 bridgehead atoms. The number of carbonyl (C=O) groups is 2. The van der Waals surface area contributed by atoms with Crippen LogP contribution in [0.25, 0.3) is 5.69 Å². The van der Waals surface area contributed by atoms with E-state index < -0.39 is 5.92 Å². The first-order valence-corrected chi connectivity index (χ1v) is 9.49. The van der Waals surface area contributed by atoms with Gasteiger partial charge in [0.15, 0.2) is 5.78 Å². The molecule has 28 heavy (non-hydrogen) atoms. The highest BCUT2D eigenvalue weighted by Gasteiger charge is 2.36. The zero-order chi connectivity index (χ0) is 20.0. The Labute approximate surface area is 168 Å². The molecule has 2 heterocycles. The molecule has 0 spiro atoms. The predicted octanol–water partition coefficient (Wildman–Crippen LogP) is 4.76. The van der Waals surface area contributed by atoms with Crippen LogP contribution in [0.15, 0.2) is 42.5 Å². The second kappa shape index (κ2) is 6.91. The SMILES string of the molecule is Cc1ccc(C(=O)[C@@H]2CC(=O)Nc3c2c(C)nn3-c2cccc(Cl)c2)cc1C. The molecule has 1 atom stereocenters. The molecular formula is C22H20ClN3O2. The smallest absolute Gasteiger partial charge is 0.226 e. The molecular weight excluding hydrogens is 374 g/mol. The van der Waals surface area contributed by atoms with Gasteiger partial charge in [0.05, 0.1) is 17.3 Å². The molecule has 0 radical (unpaired) electrons. The number of nitrogens with one attached hydrogen (secondary N) is 1. The first-order chi connectivity index (χ1) is 13.3. The number of nitrogens with zero attached hydrogens (tertiary/aromatic N) is 2. The Balaban J connectivity index is 1.82. The number of anilines is 1. The normalized spacial score (nSPS) is 15.9. The lowest BCUT2D eigenvalue weighted by Crippen LogP contribution is -2.28. The van der Waals surface area contributed by atoms with Gasteiger partial charge in [-0.05, 0) is 56.2 Å². The lowest BCUT2D eigenvalue weighted by molar-refractivity contribution is -0.116. The summed E-state index contributed by atoms with van der Waals surface area (Å²) in [4.78, 5) is 25.7. The zero-order valence-electron chi connectivity index (χ0n) is 15.9. The van der Waals surface area contributed by atoms with Crippen LogP contribution in [-0.2, 0) is 4.79 Å². The summed E-state index contributed by atoms with van der Waals surface area (Å²) in [6.07, 6.45) is 0.112. The molecule has 0 aliphatic carbocycles. The predicted molar refractivity (Wildman–Crippen MR) is 110 cm³/mol. The van der Waals surface area contributed by atoms with Crippen LogP contribution in [0.2, 0.25) is 5.02 Å². The molecule has 3 aromatic rings. The van der Waals surface area contributed by atoms with Gasteiger partial charge in [0, 0.05) is 22.6 Å². The van der Waals surface area contributed by atoms with Gasteiger partial charge in [0.2, 0.25) is 5.91 Å². The minimum atomic E-state index is -0.557. The molecule has 0 fully saturated rings. The van der Waals surface area contributed by atoms with E-state index in [0.29, 0.717) is 16.4 Å². The average molecular weight is 394 g/mol. The van der Waals surface area contributed by atoms with Crippen LogP contribution in [-0.4, -0.2) is 21.5 Å². The van der Waals surface area contributed by atoms with Crippen molar-refractivity contribution in [1.82, 2.24) is 9.78 Å². The van der Waals surface area contributed by atoms with Crippen LogP contribution < -0.4 is 5.32 Å².